The number of urea groups is 1. The van der Waals surface area contributed by atoms with Crippen LogP contribution in [0, 0.1) is 11.8 Å². The van der Waals surface area contributed by atoms with Crippen LogP contribution in [-0.4, -0.2) is 24.9 Å². The Morgan fingerprint density at radius 2 is 1.86 bits per heavy atom. The number of ketones is 1. The smallest absolute Gasteiger partial charge is 0.315 e. The molecule has 14 heavy (non-hydrogen) atoms. The molecule has 0 bridgehead atoms. The third kappa shape index (κ3) is 2.72. The van der Waals surface area contributed by atoms with E-state index < -0.39 is 0 Å². The summed E-state index contributed by atoms with van der Waals surface area (Å²) in [5.74, 6) is 0.531. The highest BCUT2D eigenvalue weighted by Gasteiger charge is 2.36. The molecule has 1 aliphatic carbocycles. The van der Waals surface area contributed by atoms with Gasteiger partial charge in [0.25, 0.3) is 0 Å². The molecule has 0 aromatic heterocycles. The Morgan fingerprint density at radius 1 is 1.29 bits per heavy atom. The molecule has 0 spiro atoms. The second-order valence-corrected chi connectivity index (χ2v) is 4.12. The molecule has 0 radical (unpaired) electrons. The summed E-state index contributed by atoms with van der Waals surface area (Å²) in [5.41, 5.74) is 0. The van der Waals surface area contributed by atoms with Crippen LogP contribution in [0.5, 0.6) is 0 Å². The van der Waals surface area contributed by atoms with Gasteiger partial charge in [0.1, 0.15) is 0 Å². The maximum atomic E-state index is 11.8. The zero-order valence-electron chi connectivity index (χ0n) is 8.96. The van der Waals surface area contributed by atoms with E-state index in [1.807, 2.05) is 13.8 Å². The molecule has 4 heteroatoms. The maximum absolute atomic E-state index is 11.8. The van der Waals surface area contributed by atoms with E-state index in [2.05, 4.69) is 10.6 Å². The minimum absolute atomic E-state index is 0.153. The molecule has 1 fully saturated rings. The SMILES string of the molecule is CNC(=O)N[C@H](C(=O)C1CC1)C(C)C. The quantitative estimate of drug-likeness (QED) is 0.705. The second-order valence-electron chi connectivity index (χ2n) is 4.12. The van der Waals surface area contributed by atoms with Crippen molar-refractivity contribution in [2.75, 3.05) is 7.05 Å². The molecule has 0 saturated heterocycles. The van der Waals surface area contributed by atoms with Crippen LogP contribution in [0.25, 0.3) is 0 Å². The van der Waals surface area contributed by atoms with Gasteiger partial charge < -0.3 is 10.6 Å². The van der Waals surface area contributed by atoms with E-state index in [1.165, 1.54) is 0 Å². The predicted octanol–water partition coefficient (Wildman–Crippen LogP) is 0.919. The molecule has 80 valence electrons. The number of Topliss-reactive ketones (excluding diaryl/α,β-unsaturated/α-hetero) is 1. The highest BCUT2D eigenvalue weighted by Crippen LogP contribution is 2.32. The first-order valence-electron chi connectivity index (χ1n) is 5.08. The summed E-state index contributed by atoms with van der Waals surface area (Å²) >= 11 is 0. The van der Waals surface area contributed by atoms with Crippen molar-refractivity contribution < 1.29 is 9.59 Å². The van der Waals surface area contributed by atoms with Crippen molar-refractivity contribution in [3.63, 3.8) is 0 Å². The molecule has 2 N–H and O–H groups in total. The fourth-order valence-corrected chi connectivity index (χ4v) is 1.40. The molecule has 1 rings (SSSR count). The van der Waals surface area contributed by atoms with Crippen molar-refractivity contribution in [2.45, 2.75) is 32.7 Å². The summed E-state index contributed by atoms with van der Waals surface area (Å²) in [7, 11) is 1.55. The number of amides is 2. The van der Waals surface area contributed by atoms with E-state index in [4.69, 9.17) is 0 Å². The molecule has 0 unspecified atom stereocenters. The fourth-order valence-electron chi connectivity index (χ4n) is 1.40. The largest absolute Gasteiger partial charge is 0.341 e. The predicted molar refractivity (Wildman–Crippen MR) is 53.9 cm³/mol. The Morgan fingerprint density at radius 3 is 2.21 bits per heavy atom. The van der Waals surface area contributed by atoms with Gasteiger partial charge in [-0.2, -0.15) is 0 Å². The maximum Gasteiger partial charge on any atom is 0.315 e. The van der Waals surface area contributed by atoms with E-state index in [-0.39, 0.29) is 29.7 Å². The molecule has 1 atom stereocenters. The number of carbonyl (C=O) groups excluding carboxylic acids is 2. The summed E-state index contributed by atoms with van der Waals surface area (Å²) in [5, 5.41) is 5.15. The van der Waals surface area contributed by atoms with Crippen LogP contribution in [0.15, 0.2) is 0 Å². The normalized spacial score (nSPS) is 17.7. The van der Waals surface area contributed by atoms with Gasteiger partial charge in [-0.25, -0.2) is 4.79 Å². The molecule has 4 nitrogen and oxygen atoms in total. The van der Waals surface area contributed by atoms with Gasteiger partial charge in [0, 0.05) is 13.0 Å². The van der Waals surface area contributed by atoms with Crippen LogP contribution in [0.1, 0.15) is 26.7 Å². The third-order valence-electron chi connectivity index (χ3n) is 2.47. The van der Waals surface area contributed by atoms with E-state index in [0.29, 0.717) is 0 Å². The van der Waals surface area contributed by atoms with Gasteiger partial charge in [0.15, 0.2) is 5.78 Å². The lowest BCUT2D eigenvalue weighted by atomic mass is 9.97. The molecule has 0 aromatic carbocycles. The standard InChI is InChI=1S/C10H18N2O2/c1-6(2)8(12-10(14)11-3)9(13)7-4-5-7/h6-8H,4-5H2,1-3H3,(H2,11,12,14)/t8-/m0/s1. The van der Waals surface area contributed by atoms with E-state index in [1.54, 1.807) is 7.05 Å². The van der Waals surface area contributed by atoms with Crippen LogP contribution in [0.4, 0.5) is 4.79 Å². The Hall–Kier alpha value is -1.06. The Kier molecular flexibility index (Phi) is 3.49. The van der Waals surface area contributed by atoms with Crippen molar-refractivity contribution in [1.82, 2.24) is 10.6 Å². The average Bonchev–Trinajstić information content (AvgIpc) is 2.95. The van der Waals surface area contributed by atoms with Gasteiger partial charge in [0.05, 0.1) is 6.04 Å². The average molecular weight is 198 g/mol. The van der Waals surface area contributed by atoms with E-state index in [9.17, 15) is 9.59 Å². The molecule has 1 aliphatic rings. The molecule has 1 saturated carbocycles. The molecule has 0 aromatic rings. The van der Waals surface area contributed by atoms with Gasteiger partial charge in [-0.05, 0) is 18.8 Å². The number of hydrogen-bond donors (Lipinski definition) is 2. The number of nitrogens with one attached hydrogen (secondary N) is 2. The van der Waals surface area contributed by atoms with Crippen LogP contribution in [0.2, 0.25) is 0 Å². The van der Waals surface area contributed by atoms with Gasteiger partial charge in [-0.3, -0.25) is 4.79 Å². The molecule has 0 aliphatic heterocycles. The monoisotopic (exact) mass is 198 g/mol. The third-order valence-corrected chi connectivity index (χ3v) is 2.47. The highest BCUT2D eigenvalue weighted by atomic mass is 16.2. The summed E-state index contributed by atoms with van der Waals surface area (Å²) in [6.45, 7) is 3.89. The Bertz CT molecular complexity index is 234. The second kappa shape index (κ2) is 4.44. The lowest BCUT2D eigenvalue weighted by Crippen LogP contribution is -2.48. The van der Waals surface area contributed by atoms with Crippen molar-refractivity contribution in [3.8, 4) is 0 Å². The van der Waals surface area contributed by atoms with Crippen LogP contribution >= 0.6 is 0 Å². The summed E-state index contributed by atoms with van der Waals surface area (Å²) in [6, 6.07) is -0.611. The topological polar surface area (TPSA) is 58.2 Å². The van der Waals surface area contributed by atoms with Crippen LogP contribution < -0.4 is 10.6 Å². The first-order chi connectivity index (χ1) is 6.56. The summed E-state index contributed by atoms with van der Waals surface area (Å²) < 4.78 is 0. The van der Waals surface area contributed by atoms with Crippen molar-refractivity contribution in [2.24, 2.45) is 11.8 Å². The van der Waals surface area contributed by atoms with E-state index >= 15 is 0 Å². The lowest BCUT2D eigenvalue weighted by Gasteiger charge is -2.20. The molecule has 0 heterocycles. The van der Waals surface area contributed by atoms with E-state index in [0.717, 1.165) is 12.8 Å². The van der Waals surface area contributed by atoms with Crippen LogP contribution in [0.3, 0.4) is 0 Å². The molecule has 2 amide bonds. The first kappa shape index (κ1) is 11.0. The van der Waals surface area contributed by atoms with Crippen LogP contribution in [-0.2, 0) is 4.79 Å². The minimum Gasteiger partial charge on any atom is -0.341 e. The van der Waals surface area contributed by atoms with Gasteiger partial charge in [-0.15, -0.1) is 0 Å². The number of hydrogen-bond acceptors (Lipinski definition) is 2. The summed E-state index contributed by atoms with van der Waals surface area (Å²) in [6.07, 6.45) is 1.97. The summed E-state index contributed by atoms with van der Waals surface area (Å²) in [4.78, 5) is 22.9. The zero-order valence-corrected chi connectivity index (χ0v) is 8.96. The van der Waals surface area contributed by atoms with Gasteiger partial charge >= 0.3 is 6.03 Å². The van der Waals surface area contributed by atoms with Gasteiger partial charge in [-0.1, -0.05) is 13.8 Å². The van der Waals surface area contributed by atoms with Crippen molar-refractivity contribution in [3.05, 3.63) is 0 Å². The highest BCUT2D eigenvalue weighted by molar-refractivity contribution is 5.91. The van der Waals surface area contributed by atoms with Crippen molar-refractivity contribution in [1.29, 1.82) is 0 Å². The first-order valence-corrected chi connectivity index (χ1v) is 5.08. The molecular weight excluding hydrogens is 180 g/mol. The zero-order chi connectivity index (χ0) is 10.7. The number of carbonyl (C=O) groups is 2. The Balaban J connectivity index is 2.53. The minimum atomic E-state index is -0.331. The van der Waals surface area contributed by atoms with Crippen molar-refractivity contribution >= 4 is 11.8 Å². The molecular formula is C10H18N2O2. The van der Waals surface area contributed by atoms with Gasteiger partial charge in [0.2, 0.25) is 0 Å². The Labute approximate surface area is 84.4 Å². The fraction of sp³-hybridized carbons (Fsp3) is 0.800. The lowest BCUT2D eigenvalue weighted by molar-refractivity contribution is -0.123. The number of rotatable bonds is 4.